The molecule has 0 N–H and O–H groups in total. The summed E-state index contributed by atoms with van der Waals surface area (Å²) in [6, 6.07) is 38.5. The minimum atomic E-state index is 0. The van der Waals surface area contributed by atoms with Gasteiger partial charge in [-0.05, 0) is 33.4 Å². The van der Waals surface area contributed by atoms with Crippen molar-refractivity contribution in [2.45, 2.75) is 0 Å². The molecule has 0 aliphatic rings. The molecule has 0 spiro atoms. The van der Waals surface area contributed by atoms with E-state index in [4.69, 9.17) is 0 Å². The maximum Gasteiger partial charge on any atom is -0.0184 e. The van der Waals surface area contributed by atoms with Crippen LogP contribution in [0.5, 0.6) is 0 Å². The number of benzene rings is 4. The third-order valence-corrected chi connectivity index (χ3v) is 4.32. The topological polar surface area (TPSA) is 0 Å². The zero-order chi connectivity index (χ0) is 16.2. The molecule has 0 amide bonds. The molecule has 1 unspecified atom stereocenters. The second-order valence-electron chi connectivity index (χ2n) is 5.89. The maximum atomic E-state index is 2.19. The van der Waals surface area contributed by atoms with Crippen LogP contribution in [0.25, 0.3) is 33.4 Å². The quantitative estimate of drug-likeness (QED) is 0.362. The first-order valence-electron chi connectivity index (χ1n) is 8.21. The minimum Gasteiger partial charge on any atom is -0.153 e. The first kappa shape index (κ1) is 17.1. The summed E-state index contributed by atoms with van der Waals surface area (Å²) in [5.41, 5.74) is 7.50. The molecule has 0 fully saturated rings. The van der Waals surface area contributed by atoms with Gasteiger partial charge in [0.15, 0.2) is 0 Å². The van der Waals surface area contributed by atoms with Crippen LogP contribution < -0.4 is 0 Å². The summed E-state index contributed by atoms with van der Waals surface area (Å²) >= 11 is 0. The van der Waals surface area contributed by atoms with Gasteiger partial charge >= 0.3 is 0 Å². The summed E-state index contributed by atoms with van der Waals surface area (Å²) in [6.07, 6.45) is 0. The van der Waals surface area contributed by atoms with Crippen LogP contribution in [-0.4, -0.2) is 0 Å². The fourth-order valence-corrected chi connectivity index (χ4v) is 2.97. The van der Waals surface area contributed by atoms with E-state index >= 15 is 0 Å². The van der Waals surface area contributed by atoms with Crippen LogP contribution in [0, 0.1) is 0 Å². The molecule has 0 aliphatic carbocycles. The molecule has 0 heterocycles. The molecule has 0 saturated heterocycles. The average Bonchev–Trinajstić information content (AvgIpc) is 2.70. The summed E-state index contributed by atoms with van der Waals surface area (Å²) in [5, 5.41) is 0. The monoisotopic (exact) mass is 340 g/mol. The lowest BCUT2D eigenvalue weighted by Crippen LogP contribution is -1.81. The van der Waals surface area contributed by atoms with Crippen molar-refractivity contribution in [1.82, 2.24) is 0 Å². The van der Waals surface area contributed by atoms with Crippen molar-refractivity contribution >= 4 is 9.90 Å². The molecular formula is C24H21P. The third-order valence-electron chi connectivity index (χ3n) is 4.32. The number of hydrogen-bond donors (Lipinski definition) is 0. The van der Waals surface area contributed by atoms with Gasteiger partial charge in [-0.15, -0.1) is 0 Å². The van der Waals surface area contributed by atoms with E-state index in [1.54, 1.807) is 0 Å². The molecule has 0 bridgehead atoms. The van der Waals surface area contributed by atoms with Crippen LogP contribution in [0.3, 0.4) is 0 Å². The lowest BCUT2D eigenvalue weighted by atomic mass is 9.98. The first-order chi connectivity index (χ1) is 11.9. The van der Waals surface area contributed by atoms with Crippen LogP contribution in [-0.2, 0) is 0 Å². The van der Waals surface area contributed by atoms with Crippen molar-refractivity contribution in [1.29, 1.82) is 0 Å². The Morgan fingerprint density at radius 2 is 0.440 bits per heavy atom. The Bertz CT molecular complexity index is 828. The molecule has 25 heavy (non-hydrogen) atoms. The molecule has 4 aromatic rings. The van der Waals surface area contributed by atoms with Gasteiger partial charge < -0.3 is 0 Å². The van der Waals surface area contributed by atoms with Crippen molar-refractivity contribution in [3.63, 3.8) is 0 Å². The van der Waals surface area contributed by atoms with Crippen LogP contribution in [0.1, 0.15) is 0 Å². The Balaban J connectivity index is 0.00000182. The Kier molecular flexibility index (Phi) is 5.43. The maximum absolute atomic E-state index is 2.19. The molecule has 122 valence electrons. The minimum absolute atomic E-state index is 0. The highest BCUT2D eigenvalue weighted by molar-refractivity contribution is 6.92. The van der Waals surface area contributed by atoms with Gasteiger partial charge in [-0.1, -0.05) is 109 Å². The highest BCUT2D eigenvalue weighted by atomic mass is 31.0. The highest BCUT2D eigenvalue weighted by Gasteiger charge is 2.01. The molecular weight excluding hydrogens is 319 g/mol. The normalized spacial score (nSPS) is 10.1. The Labute approximate surface area is 152 Å². The molecule has 0 nitrogen and oxygen atoms in total. The standard InChI is InChI=1S/C24H18.H3P/c1-3-7-19(8-4-1)21-11-15-23(16-12-21)24-17-13-22(14-18-24)20-9-5-2-6-10-20;/h1-18H;1H3. The summed E-state index contributed by atoms with van der Waals surface area (Å²) < 4.78 is 0. The van der Waals surface area contributed by atoms with Crippen LogP contribution in [0.4, 0.5) is 0 Å². The van der Waals surface area contributed by atoms with Gasteiger partial charge in [-0.25, -0.2) is 0 Å². The van der Waals surface area contributed by atoms with Gasteiger partial charge in [0.2, 0.25) is 0 Å². The zero-order valence-corrected chi connectivity index (χ0v) is 15.5. The van der Waals surface area contributed by atoms with Crippen LogP contribution >= 0.6 is 9.90 Å². The van der Waals surface area contributed by atoms with Crippen molar-refractivity contribution in [2.75, 3.05) is 0 Å². The van der Waals surface area contributed by atoms with E-state index in [0.717, 1.165) is 0 Å². The first-order valence-corrected chi connectivity index (χ1v) is 8.21. The van der Waals surface area contributed by atoms with E-state index in [-0.39, 0.29) is 9.90 Å². The molecule has 1 atom stereocenters. The number of rotatable bonds is 3. The lowest BCUT2D eigenvalue weighted by Gasteiger charge is -2.07. The second-order valence-corrected chi connectivity index (χ2v) is 5.89. The fourth-order valence-electron chi connectivity index (χ4n) is 2.97. The number of hydrogen-bond acceptors (Lipinski definition) is 0. The molecule has 4 aromatic carbocycles. The fraction of sp³-hybridized carbons (Fsp3) is 0. The van der Waals surface area contributed by atoms with Gasteiger partial charge in [0, 0.05) is 0 Å². The van der Waals surface area contributed by atoms with Gasteiger partial charge in [0.25, 0.3) is 0 Å². The molecule has 0 aliphatic heterocycles. The Morgan fingerprint density at radius 1 is 0.240 bits per heavy atom. The van der Waals surface area contributed by atoms with E-state index in [2.05, 4.69) is 97.1 Å². The van der Waals surface area contributed by atoms with Crippen LogP contribution in [0.2, 0.25) is 0 Å². The van der Waals surface area contributed by atoms with Crippen molar-refractivity contribution < 1.29 is 0 Å². The van der Waals surface area contributed by atoms with E-state index in [1.165, 1.54) is 33.4 Å². The summed E-state index contributed by atoms with van der Waals surface area (Å²) in [7, 11) is 0. The molecule has 1 heteroatoms. The molecule has 4 rings (SSSR count). The summed E-state index contributed by atoms with van der Waals surface area (Å²) in [4.78, 5) is 0. The van der Waals surface area contributed by atoms with Gasteiger partial charge in [0.05, 0.1) is 0 Å². The van der Waals surface area contributed by atoms with Gasteiger partial charge in [-0.3, -0.25) is 0 Å². The molecule has 0 aromatic heterocycles. The zero-order valence-electron chi connectivity index (χ0n) is 14.1. The van der Waals surface area contributed by atoms with Crippen LogP contribution in [0.15, 0.2) is 109 Å². The molecule has 0 radical (unpaired) electrons. The smallest absolute Gasteiger partial charge is 0.0184 e. The second kappa shape index (κ2) is 7.92. The van der Waals surface area contributed by atoms with E-state index in [0.29, 0.717) is 0 Å². The molecule has 0 saturated carbocycles. The van der Waals surface area contributed by atoms with Crippen molar-refractivity contribution in [3.05, 3.63) is 109 Å². The Morgan fingerprint density at radius 3 is 0.680 bits per heavy atom. The Hall–Kier alpha value is -2.69. The van der Waals surface area contributed by atoms with Gasteiger partial charge in [0.1, 0.15) is 0 Å². The van der Waals surface area contributed by atoms with E-state index < -0.39 is 0 Å². The van der Waals surface area contributed by atoms with Crippen molar-refractivity contribution in [3.8, 4) is 33.4 Å². The summed E-state index contributed by atoms with van der Waals surface area (Å²) in [6.45, 7) is 0. The largest absolute Gasteiger partial charge is 0.153 e. The van der Waals surface area contributed by atoms with E-state index in [9.17, 15) is 0 Å². The summed E-state index contributed by atoms with van der Waals surface area (Å²) in [5.74, 6) is 0. The highest BCUT2D eigenvalue weighted by Crippen LogP contribution is 2.27. The predicted octanol–water partition coefficient (Wildman–Crippen LogP) is 6.75. The average molecular weight is 340 g/mol. The van der Waals surface area contributed by atoms with Gasteiger partial charge in [-0.2, -0.15) is 9.90 Å². The van der Waals surface area contributed by atoms with Crippen molar-refractivity contribution in [2.24, 2.45) is 0 Å². The van der Waals surface area contributed by atoms with E-state index in [1.807, 2.05) is 12.1 Å². The predicted molar refractivity (Wildman–Crippen MR) is 114 cm³/mol. The third kappa shape index (κ3) is 3.87. The lowest BCUT2D eigenvalue weighted by molar-refractivity contribution is 1.58. The SMILES string of the molecule is P.c1ccc(-c2ccc(-c3ccc(-c4ccccc4)cc3)cc2)cc1.